The number of sulfonamides is 1. The van der Waals surface area contributed by atoms with E-state index in [9.17, 15) is 13.2 Å². The van der Waals surface area contributed by atoms with Gasteiger partial charge in [-0.15, -0.1) is 0 Å². The van der Waals surface area contributed by atoms with Crippen molar-refractivity contribution in [1.29, 1.82) is 0 Å². The molecule has 0 radical (unpaired) electrons. The number of benzene rings is 1. The van der Waals surface area contributed by atoms with Crippen molar-refractivity contribution in [2.24, 2.45) is 0 Å². The van der Waals surface area contributed by atoms with Crippen molar-refractivity contribution in [2.45, 2.75) is 74.1 Å². The van der Waals surface area contributed by atoms with Gasteiger partial charge in [0.1, 0.15) is 0 Å². The summed E-state index contributed by atoms with van der Waals surface area (Å²) in [5.74, 6) is 0. The van der Waals surface area contributed by atoms with Gasteiger partial charge in [0.15, 0.2) is 0 Å². The van der Waals surface area contributed by atoms with E-state index in [1.165, 1.54) is 19.3 Å². The number of hydrogen-bond donors (Lipinski definition) is 2. The largest absolute Gasteiger partial charge is 0.370 e. The zero-order valence-corrected chi connectivity index (χ0v) is 16.9. The number of nitrogens with one attached hydrogen (secondary N) is 2. The molecule has 2 N–H and O–H groups in total. The molecule has 28 heavy (non-hydrogen) atoms. The lowest BCUT2D eigenvalue weighted by Gasteiger charge is -2.50. The van der Waals surface area contributed by atoms with Crippen molar-refractivity contribution in [2.75, 3.05) is 13.1 Å². The SMILES string of the molecule is O=C(NC[C@@H]1CC[C@@H]2[C@@H](CN2S(=O)(=O)c2ccccc2)O1)NC1CCCCC1. The Bertz CT molecular complexity index is 780. The number of amides is 2. The molecular weight excluding hydrogens is 378 g/mol. The summed E-state index contributed by atoms with van der Waals surface area (Å²) in [5.41, 5.74) is 0. The minimum absolute atomic E-state index is 0.0556. The van der Waals surface area contributed by atoms with E-state index in [4.69, 9.17) is 4.74 Å². The molecule has 3 aliphatic rings. The maximum atomic E-state index is 12.8. The fourth-order valence-electron chi connectivity index (χ4n) is 4.46. The van der Waals surface area contributed by atoms with Gasteiger partial charge in [-0.1, -0.05) is 37.5 Å². The first kappa shape index (κ1) is 19.7. The van der Waals surface area contributed by atoms with Gasteiger partial charge in [0.2, 0.25) is 10.0 Å². The van der Waals surface area contributed by atoms with Gasteiger partial charge in [-0.2, -0.15) is 4.31 Å². The number of carbonyl (C=O) groups excluding carboxylic acids is 1. The summed E-state index contributed by atoms with van der Waals surface area (Å²) in [6.45, 7) is 0.847. The number of hydrogen-bond acceptors (Lipinski definition) is 4. The van der Waals surface area contributed by atoms with Crippen LogP contribution in [-0.4, -0.2) is 56.1 Å². The highest BCUT2D eigenvalue weighted by atomic mass is 32.2. The molecule has 1 aromatic carbocycles. The van der Waals surface area contributed by atoms with Crippen molar-refractivity contribution in [3.8, 4) is 0 Å². The normalized spacial score (nSPS) is 28.8. The van der Waals surface area contributed by atoms with E-state index in [0.717, 1.165) is 25.7 Å². The van der Waals surface area contributed by atoms with Crippen LogP contribution in [0.2, 0.25) is 0 Å². The topological polar surface area (TPSA) is 87.7 Å². The Labute approximate surface area is 166 Å². The molecule has 2 amide bonds. The summed E-state index contributed by atoms with van der Waals surface area (Å²) in [6.07, 6.45) is 7.10. The molecule has 1 aromatic rings. The third-order valence-electron chi connectivity index (χ3n) is 6.09. The van der Waals surface area contributed by atoms with Gasteiger partial charge in [0.05, 0.1) is 23.1 Å². The zero-order valence-electron chi connectivity index (χ0n) is 16.0. The summed E-state index contributed by atoms with van der Waals surface area (Å²) in [6, 6.07) is 8.60. The summed E-state index contributed by atoms with van der Waals surface area (Å²) in [5, 5.41) is 5.96. The molecule has 154 valence electrons. The average Bonchev–Trinajstić information content (AvgIpc) is 2.69. The van der Waals surface area contributed by atoms with Crippen LogP contribution in [0.15, 0.2) is 35.2 Å². The number of fused-ring (bicyclic) bond motifs is 1. The van der Waals surface area contributed by atoms with Crippen LogP contribution in [0.4, 0.5) is 4.79 Å². The Balaban J connectivity index is 1.23. The van der Waals surface area contributed by atoms with E-state index in [1.807, 2.05) is 6.07 Å². The molecule has 0 aromatic heterocycles. The number of carbonyl (C=O) groups is 1. The molecular formula is C20H29N3O4S. The van der Waals surface area contributed by atoms with E-state index in [-0.39, 0.29) is 30.3 Å². The van der Waals surface area contributed by atoms with Crippen LogP contribution in [0.1, 0.15) is 44.9 Å². The van der Waals surface area contributed by atoms with E-state index >= 15 is 0 Å². The summed E-state index contributed by atoms with van der Waals surface area (Å²) in [4.78, 5) is 12.4. The second-order valence-corrected chi connectivity index (χ2v) is 9.91. The van der Waals surface area contributed by atoms with Gasteiger partial charge in [0.25, 0.3) is 0 Å². The minimum Gasteiger partial charge on any atom is -0.370 e. The third-order valence-corrected chi connectivity index (χ3v) is 8.00. The van der Waals surface area contributed by atoms with Gasteiger partial charge < -0.3 is 15.4 Å². The Hall–Kier alpha value is -1.64. The number of rotatable bonds is 5. The van der Waals surface area contributed by atoms with Crippen molar-refractivity contribution in [3.63, 3.8) is 0 Å². The second kappa shape index (κ2) is 8.39. The highest BCUT2D eigenvalue weighted by molar-refractivity contribution is 7.89. The van der Waals surface area contributed by atoms with Gasteiger partial charge in [-0.25, -0.2) is 13.2 Å². The lowest BCUT2D eigenvalue weighted by atomic mass is 9.92. The van der Waals surface area contributed by atoms with Crippen LogP contribution < -0.4 is 10.6 Å². The van der Waals surface area contributed by atoms with Gasteiger partial charge >= 0.3 is 6.03 Å². The molecule has 2 saturated heterocycles. The van der Waals surface area contributed by atoms with Crippen LogP contribution in [-0.2, 0) is 14.8 Å². The molecule has 3 fully saturated rings. The summed E-state index contributed by atoms with van der Waals surface area (Å²) < 4.78 is 33.1. The van der Waals surface area contributed by atoms with E-state index in [1.54, 1.807) is 28.6 Å². The van der Waals surface area contributed by atoms with E-state index in [2.05, 4.69) is 10.6 Å². The molecule has 8 heteroatoms. The Morgan fingerprint density at radius 1 is 1.07 bits per heavy atom. The second-order valence-electron chi connectivity index (χ2n) is 8.02. The molecule has 3 atom stereocenters. The molecule has 2 aliphatic heterocycles. The van der Waals surface area contributed by atoms with Crippen LogP contribution in [0, 0.1) is 0 Å². The molecule has 0 bridgehead atoms. The zero-order chi connectivity index (χ0) is 19.6. The van der Waals surface area contributed by atoms with Gasteiger partial charge in [0, 0.05) is 19.1 Å². The molecule has 1 saturated carbocycles. The first-order valence-corrected chi connectivity index (χ1v) is 11.7. The lowest BCUT2D eigenvalue weighted by molar-refractivity contribution is -0.136. The smallest absolute Gasteiger partial charge is 0.315 e. The maximum Gasteiger partial charge on any atom is 0.315 e. The number of ether oxygens (including phenoxy) is 1. The number of nitrogens with zero attached hydrogens (tertiary/aromatic N) is 1. The van der Waals surface area contributed by atoms with Gasteiger partial charge in [-0.3, -0.25) is 0 Å². The molecule has 4 rings (SSSR count). The van der Waals surface area contributed by atoms with Crippen molar-refractivity contribution >= 4 is 16.1 Å². The number of urea groups is 1. The Morgan fingerprint density at radius 3 is 2.54 bits per heavy atom. The molecule has 0 unspecified atom stereocenters. The lowest BCUT2D eigenvalue weighted by Crippen LogP contribution is -2.66. The van der Waals surface area contributed by atoms with E-state index in [0.29, 0.717) is 18.0 Å². The van der Waals surface area contributed by atoms with Crippen LogP contribution in [0.3, 0.4) is 0 Å². The maximum absolute atomic E-state index is 12.8. The summed E-state index contributed by atoms with van der Waals surface area (Å²) in [7, 11) is -3.46. The third kappa shape index (κ3) is 4.18. The standard InChI is InChI=1S/C20H29N3O4S/c24-20(22-15-7-3-1-4-8-15)21-13-16-11-12-18-19(27-16)14-23(18)28(25,26)17-9-5-2-6-10-17/h2,5-6,9-10,15-16,18-19H,1,3-4,7-8,11-14H2,(H2,21,22,24)/t16-,18+,19+/m0/s1. The van der Waals surface area contributed by atoms with Crippen molar-refractivity contribution in [1.82, 2.24) is 14.9 Å². The van der Waals surface area contributed by atoms with Crippen molar-refractivity contribution in [3.05, 3.63) is 30.3 Å². The first-order chi connectivity index (χ1) is 13.5. The highest BCUT2D eigenvalue weighted by Gasteiger charge is 2.49. The molecule has 7 nitrogen and oxygen atoms in total. The highest BCUT2D eigenvalue weighted by Crippen LogP contribution is 2.36. The molecule has 1 aliphatic carbocycles. The average molecular weight is 408 g/mol. The molecule has 2 heterocycles. The minimum atomic E-state index is -3.46. The Kier molecular flexibility index (Phi) is 5.89. The van der Waals surface area contributed by atoms with E-state index < -0.39 is 10.0 Å². The van der Waals surface area contributed by atoms with Crippen LogP contribution in [0.25, 0.3) is 0 Å². The fraction of sp³-hybridized carbons (Fsp3) is 0.650. The van der Waals surface area contributed by atoms with Gasteiger partial charge in [-0.05, 0) is 37.8 Å². The predicted molar refractivity (Wildman–Crippen MR) is 105 cm³/mol. The van der Waals surface area contributed by atoms with Crippen molar-refractivity contribution < 1.29 is 17.9 Å². The summed E-state index contributed by atoms with van der Waals surface area (Å²) >= 11 is 0. The monoisotopic (exact) mass is 407 g/mol. The molecule has 0 spiro atoms. The van der Waals surface area contributed by atoms with Crippen LogP contribution in [0.5, 0.6) is 0 Å². The van der Waals surface area contributed by atoms with Crippen LogP contribution >= 0.6 is 0 Å². The predicted octanol–water partition coefficient (Wildman–Crippen LogP) is 2.24. The quantitative estimate of drug-likeness (QED) is 0.784. The first-order valence-electron chi connectivity index (χ1n) is 10.3. The Morgan fingerprint density at radius 2 is 1.82 bits per heavy atom. The fourth-order valence-corrected chi connectivity index (χ4v) is 6.17.